The van der Waals surface area contributed by atoms with Crippen molar-refractivity contribution in [2.45, 2.75) is 26.4 Å². The molecular weight excluding hydrogens is 206 g/mol. The number of ether oxygens (including phenoxy) is 1. The van der Waals surface area contributed by atoms with Gasteiger partial charge in [-0.1, -0.05) is 13.8 Å². The standard InChI is InChI=1S/C11H17N3O2/c1-8(2)10(11(15)16-3)14-7-9-6-12-4-5-13-9/h4-6,8,10,14H,7H2,1-3H3. The minimum atomic E-state index is -0.313. The zero-order valence-electron chi connectivity index (χ0n) is 9.80. The lowest BCUT2D eigenvalue weighted by Crippen LogP contribution is -2.41. The normalized spacial score (nSPS) is 12.5. The number of hydrogen-bond acceptors (Lipinski definition) is 5. The van der Waals surface area contributed by atoms with E-state index in [9.17, 15) is 4.79 Å². The molecule has 1 rings (SSSR count). The number of nitrogens with one attached hydrogen (secondary N) is 1. The summed E-state index contributed by atoms with van der Waals surface area (Å²) < 4.78 is 4.72. The summed E-state index contributed by atoms with van der Waals surface area (Å²) in [5.74, 6) is -0.0805. The fraction of sp³-hybridized carbons (Fsp3) is 0.545. The van der Waals surface area contributed by atoms with Crippen molar-refractivity contribution in [1.82, 2.24) is 15.3 Å². The smallest absolute Gasteiger partial charge is 0.323 e. The van der Waals surface area contributed by atoms with Crippen LogP contribution < -0.4 is 5.32 Å². The van der Waals surface area contributed by atoms with Gasteiger partial charge < -0.3 is 4.74 Å². The Labute approximate surface area is 95.3 Å². The van der Waals surface area contributed by atoms with Gasteiger partial charge in [0.25, 0.3) is 0 Å². The Balaban J connectivity index is 2.54. The van der Waals surface area contributed by atoms with E-state index >= 15 is 0 Å². The molecule has 1 N–H and O–H groups in total. The van der Waals surface area contributed by atoms with Crippen molar-refractivity contribution >= 4 is 5.97 Å². The van der Waals surface area contributed by atoms with Gasteiger partial charge in [0.1, 0.15) is 6.04 Å². The summed E-state index contributed by atoms with van der Waals surface area (Å²) >= 11 is 0. The van der Waals surface area contributed by atoms with Gasteiger partial charge in [0.2, 0.25) is 0 Å². The van der Waals surface area contributed by atoms with E-state index in [2.05, 4.69) is 15.3 Å². The minimum absolute atomic E-state index is 0.170. The molecule has 0 saturated heterocycles. The van der Waals surface area contributed by atoms with Gasteiger partial charge in [-0.25, -0.2) is 0 Å². The van der Waals surface area contributed by atoms with Crippen molar-refractivity contribution in [2.24, 2.45) is 5.92 Å². The van der Waals surface area contributed by atoms with E-state index in [1.807, 2.05) is 13.8 Å². The third-order valence-electron chi connectivity index (χ3n) is 2.24. The van der Waals surface area contributed by atoms with Crippen LogP contribution in [0.2, 0.25) is 0 Å². The van der Waals surface area contributed by atoms with Crippen LogP contribution in [0.3, 0.4) is 0 Å². The molecule has 0 radical (unpaired) electrons. The number of carbonyl (C=O) groups excluding carboxylic acids is 1. The number of esters is 1. The number of aromatic nitrogens is 2. The van der Waals surface area contributed by atoms with Crippen molar-refractivity contribution in [3.8, 4) is 0 Å². The van der Waals surface area contributed by atoms with Crippen molar-refractivity contribution in [2.75, 3.05) is 7.11 Å². The number of hydrogen-bond donors (Lipinski definition) is 1. The molecule has 5 nitrogen and oxygen atoms in total. The number of rotatable bonds is 5. The molecule has 88 valence electrons. The lowest BCUT2D eigenvalue weighted by molar-refractivity contribution is -0.144. The van der Waals surface area contributed by atoms with Crippen molar-refractivity contribution in [3.05, 3.63) is 24.3 Å². The molecule has 0 bridgehead atoms. The second-order valence-electron chi connectivity index (χ2n) is 3.82. The van der Waals surface area contributed by atoms with Crippen LogP contribution in [0.1, 0.15) is 19.5 Å². The van der Waals surface area contributed by atoms with Gasteiger partial charge in [-0.2, -0.15) is 0 Å². The summed E-state index contributed by atoms with van der Waals surface area (Å²) in [6.07, 6.45) is 4.91. The van der Waals surface area contributed by atoms with E-state index in [0.29, 0.717) is 6.54 Å². The van der Waals surface area contributed by atoms with Crippen LogP contribution in [0.15, 0.2) is 18.6 Å². The van der Waals surface area contributed by atoms with E-state index in [1.165, 1.54) is 7.11 Å². The van der Waals surface area contributed by atoms with E-state index < -0.39 is 0 Å². The monoisotopic (exact) mass is 223 g/mol. The maximum atomic E-state index is 11.5. The third-order valence-corrected chi connectivity index (χ3v) is 2.24. The summed E-state index contributed by atoms with van der Waals surface area (Å²) in [5.41, 5.74) is 0.803. The lowest BCUT2D eigenvalue weighted by atomic mass is 10.0. The van der Waals surface area contributed by atoms with Crippen molar-refractivity contribution < 1.29 is 9.53 Å². The van der Waals surface area contributed by atoms with Gasteiger partial charge >= 0.3 is 5.97 Å². The molecular formula is C11H17N3O2. The van der Waals surface area contributed by atoms with Gasteiger partial charge in [-0.15, -0.1) is 0 Å². The van der Waals surface area contributed by atoms with Crippen LogP contribution >= 0.6 is 0 Å². The highest BCUT2D eigenvalue weighted by molar-refractivity contribution is 5.75. The Bertz CT molecular complexity index is 327. The Morgan fingerprint density at radius 2 is 2.25 bits per heavy atom. The molecule has 1 atom stereocenters. The van der Waals surface area contributed by atoms with Crippen LogP contribution in [0.25, 0.3) is 0 Å². The molecule has 0 spiro atoms. The lowest BCUT2D eigenvalue weighted by Gasteiger charge is -2.19. The molecule has 1 heterocycles. The highest BCUT2D eigenvalue weighted by Gasteiger charge is 2.22. The first-order chi connectivity index (χ1) is 7.65. The third kappa shape index (κ3) is 3.58. The average molecular weight is 223 g/mol. The number of nitrogens with zero attached hydrogens (tertiary/aromatic N) is 2. The molecule has 5 heteroatoms. The first-order valence-electron chi connectivity index (χ1n) is 5.21. The second kappa shape index (κ2) is 6.17. The van der Waals surface area contributed by atoms with Crippen LogP contribution in [-0.2, 0) is 16.1 Å². The fourth-order valence-electron chi connectivity index (χ4n) is 1.35. The molecule has 1 aromatic heterocycles. The Kier molecular flexibility index (Phi) is 4.85. The molecule has 0 aliphatic heterocycles. The largest absolute Gasteiger partial charge is 0.468 e. The van der Waals surface area contributed by atoms with Gasteiger partial charge in [-0.3, -0.25) is 20.1 Å². The van der Waals surface area contributed by atoms with E-state index in [-0.39, 0.29) is 17.9 Å². The molecule has 0 saturated carbocycles. The molecule has 1 aromatic rings. The van der Waals surface area contributed by atoms with Crippen molar-refractivity contribution in [3.63, 3.8) is 0 Å². The average Bonchev–Trinajstić information content (AvgIpc) is 2.30. The second-order valence-corrected chi connectivity index (χ2v) is 3.82. The Hall–Kier alpha value is -1.49. The van der Waals surface area contributed by atoms with E-state index in [1.54, 1.807) is 18.6 Å². The summed E-state index contributed by atoms with van der Waals surface area (Å²) in [4.78, 5) is 19.5. The molecule has 16 heavy (non-hydrogen) atoms. The molecule has 0 aliphatic carbocycles. The summed E-state index contributed by atoms with van der Waals surface area (Å²) in [5, 5.41) is 3.11. The Morgan fingerprint density at radius 1 is 1.50 bits per heavy atom. The zero-order valence-corrected chi connectivity index (χ0v) is 9.80. The minimum Gasteiger partial charge on any atom is -0.468 e. The molecule has 0 aromatic carbocycles. The predicted molar refractivity (Wildman–Crippen MR) is 59.5 cm³/mol. The van der Waals surface area contributed by atoms with Crippen LogP contribution in [0, 0.1) is 5.92 Å². The summed E-state index contributed by atoms with van der Waals surface area (Å²) in [6, 6.07) is -0.313. The molecule has 0 amide bonds. The van der Waals surface area contributed by atoms with Crippen molar-refractivity contribution in [1.29, 1.82) is 0 Å². The van der Waals surface area contributed by atoms with Crippen LogP contribution in [-0.4, -0.2) is 29.1 Å². The van der Waals surface area contributed by atoms with Gasteiger partial charge in [0.15, 0.2) is 0 Å². The first-order valence-corrected chi connectivity index (χ1v) is 5.21. The van der Waals surface area contributed by atoms with E-state index in [4.69, 9.17) is 4.74 Å². The fourth-order valence-corrected chi connectivity index (χ4v) is 1.35. The van der Waals surface area contributed by atoms with Crippen LogP contribution in [0.5, 0.6) is 0 Å². The van der Waals surface area contributed by atoms with Gasteiger partial charge in [0, 0.05) is 25.1 Å². The quantitative estimate of drug-likeness (QED) is 0.747. The van der Waals surface area contributed by atoms with E-state index in [0.717, 1.165) is 5.69 Å². The Morgan fingerprint density at radius 3 is 2.75 bits per heavy atom. The SMILES string of the molecule is COC(=O)C(NCc1cnccn1)C(C)C. The highest BCUT2D eigenvalue weighted by atomic mass is 16.5. The zero-order chi connectivity index (χ0) is 12.0. The molecule has 1 unspecified atom stereocenters. The maximum absolute atomic E-state index is 11.5. The topological polar surface area (TPSA) is 64.1 Å². The summed E-state index contributed by atoms with van der Waals surface area (Å²) in [7, 11) is 1.39. The first kappa shape index (κ1) is 12.6. The number of carbonyl (C=O) groups is 1. The van der Waals surface area contributed by atoms with Crippen LogP contribution in [0.4, 0.5) is 0 Å². The summed E-state index contributed by atoms with van der Waals surface area (Å²) in [6.45, 7) is 4.43. The van der Waals surface area contributed by atoms with Gasteiger partial charge in [0.05, 0.1) is 12.8 Å². The highest BCUT2D eigenvalue weighted by Crippen LogP contribution is 2.04. The molecule has 0 fully saturated rings. The molecule has 0 aliphatic rings. The van der Waals surface area contributed by atoms with Gasteiger partial charge in [-0.05, 0) is 5.92 Å². The maximum Gasteiger partial charge on any atom is 0.323 e. The number of methoxy groups -OCH3 is 1. The predicted octanol–water partition coefficient (Wildman–Crippen LogP) is 0.764.